The minimum Gasteiger partial charge on any atom is -0.341 e. The minimum absolute atomic E-state index is 0.186. The van der Waals surface area contributed by atoms with Crippen LogP contribution in [0.4, 0.5) is 4.39 Å². The smallest absolute Gasteiger partial charge is 0.222 e. The molecule has 4 rings (SSSR count). The molecular formula is C24H29FN2O. The Bertz CT molecular complexity index is 795. The van der Waals surface area contributed by atoms with Gasteiger partial charge in [0, 0.05) is 32.1 Å². The van der Waals surface area contributed by atoms with E-state index in [9.17, 15) is 9.18 Å². The second-order valence-corrected chi connectivity index (χ2v) is 8.25. The maximum Gasteiger partial charge on any atom is 0.222 e. The second-order valence-electron chi connectivity index (χ2n) is 8.25. The summed E-state index contributed by atoms with van der Waals surface area (Å²) in [7, 11) is 1.95. The molecule has 0 N–H and O–H groups in total. The Morgan fingerprint density at radius 3 is 2.46 bits per heavy atom. The highest BCUT2D eigenvalue weighted by molar-refractivity contribution is 5.76. The lowest BCUT2D eigenvalue weighted by atomic mass is 10.0. The minimum atomic E-state index is -0.233. The number of halogens is 1. The average molecular weight is 381 g/mol. The number of carbonyl (C=O) groups is 1. The molecule has 1 aliphatic heterocycles. The summed E-state index contributed by atoms with van der Waals surface area (Å²) in [5, 5.41) is 0. The molecule has 3 nitrogen and oxygen atoms in total. The fraction of sp³-hybridized carbons (Fsp3) is 0.458. The van der Waals surface area contributed by atoms with Gasteiger partial charge in [0.2, 0.25) is 5.91 Å². The van der Waals surface area contributed by atoms with Crippen molar-refractivity contribution in [3.63, 3.8) is 0 Å². The number of aryl methyl sites for hydroxylation is 1. The number of amides is 1. The van der Waals surface area contributed by atoms with Crippen LogP contribution in [0.15, 0.2) is 48.5 Å². The summed E-state index contributed by atoms with van der Waals surface area (Å²) >= 11 is 0. The van der Waals surface area contributed by atoms with E-state index < -0.39 is 0 Å². The number of hydrogen-bond acceptors (Lipinski definition) is 2. The van der Waals surface area contributed by atoms with Crippen molar-refractivity contribution in [2.75, 3.05) is 20.1 Å². The van der Waals surface area contributed by atoms with E-state index in [1.54, 1.807) is 12.1 Å². The van der Waals surface area contributed by atoms with Crippen LogP contribution in [0.5, 0.6) is 0 Å². The van der Waals surface area contributed by atoms with Gasteiger partial charge in [0.05, 0.1) is 0 Å². The third kappa shape index (κ3) is 4.27. The Kier molecular flexibility index (Phi) is 5.77. The molecule has 2 aromatic carbocycles. The van der Waals surface area contributed by atoms with Gasteiger partial charge in [-0.15, -0.1) is 0 Å². The Morgan fingerprint density at radius 1 is 1.11 bits per heavy atom. The van der Waals surface area contributed by atoms with Crippen molar-refractivity contribution in [1.29, 1.82) is 0 Å². The van der Waals surface area contributed by atoms with Gasteiger partial charge in [0.15, 0.2) is 0 Å². The first-order valence-electron chi connectivity index (χ1n) is 10.4. The second kappa shape index (κ2) is 8.44. The number of fused-ring (bicyclic) bond motifs is 1. The van der Waals surface area contributed by atoms with E-state index in [2.05, 4.69) is 29.2 Å². The summed E-state index contributed by atoms with van der Waals surface area (Å²) < 4.78 is 13.0. The number of benzene rings is 2. The molecule has 1 saturated heterocycles. The van der Waals surface area contributed by atoms with Crippen LogP contribution >= 0.6 is 0 Å². The van der Waals surface area contributed by atoms with Gasteiger partial charge in [0.1, 0.15) is 5.82 Å². The molecule has 0 spiro atoms. The first kappa shape index (κ1) is 19.1. The normalized spacial score (nSPS) is 20.1. The van der Waals surface area contributed by atoms with Gasteiger partial charge < -0.3 is 4.90 Å². The van der Waals surface area contributed by atoms with E-state index >= 15 is 0 Å². The Balaban J connectivity index is 1.31. The zero-order chi connectivity index (χ0) is 19.5. The highest BCUT2D eigenvalue weighted by atomic mass is 19.1. The predicted molar refractivity (Wildman–Crippen MR) is 110 cm³/mol. The molecule has 0 saturated carbocycles. The Morgan fingerprint density at radius 2 is 1.79 bits per heavy atom. The summed E-state index contributed by atoms with van der Waals surface area (Å²) in [6, 6.07) is 16.1. The van der Waals surface area contributed by atoms with Crippen LogP contribution in [-0.4, -0.2) is 47.9 Å². The fourth-order valence-electron chi connectivity index (χ4n) is 4.71. The highest BCUT2D eigenvalue weighted by Crippen LogP contribution is 2.28. The highest BCUT2D eigenvalue weighted by Gasteiger charge is 2.32. The number of hydrogen-bond donors (Lipinski definition) is 0. The van der Waals surface area contributed by atoms with Crippen LogP contribution in [0.2, 0.25) is 0 Å². The van der Waals surface area contributed by atoms with Crippen molar-refractivity contribution in [2.45, 2.75) is 50.6 Å². The number of likely N-dealkylation sites (tertiary alicyclic amines) is 1. The van der Waals surface area contributed by atoms with Crippen molar-refractivity contribution in [3.8, 4) is 0 Å². The van der Waals surface area contributed by atoms with E-state index in [0.29, 0.717) is 18.9 Å². The molecule has 148 valence electrons. The van der Waals surface area contributed by atoms with Gasteiger partial charge in [-0.3, -0.25) is 9.69 Å². The van der Waals surface area contributed by atoms with Crippen molar-refractivity contribution < 1.29 is 9.18 Å². The fourth-order valence-corrected chi connectivity index (χ4v) is 4.71. The van der Waals surface area contributed by atoms with E-state index in [4.69, 9.17) is 0 Å². The zero-order valence-electron chi connectivity index (χ0n) is 16.6. The van der Waals surface area contributed by atoms with E-state index in [1.165, 1.54) is 23.3 Å². The van der Waals surface area contributed by atoms with Crippen LogP contribution in [0, 0.1) is 5.82 Å². The zero-order valence-corrected chi connectivity index (χ0v) is 16.6. The van der Waals surface area contributed by atoms with Gasteiger partial charge in [0.25, 0.3) is 0 Å². The molecule has 1 atom stereocenters. The maximum atomic E-state index is 13.0. The summed E-state index contributed by atoms with van der Waals surface area (Å²) in [4.78, 5) is 17.3. The third-order valence-electron chi connectivity index (χ3n) is 6.46. The number of carbonyl (C=O) groups excluding carboxylic acids is 1. The van der Waals surface area contributed by atoms with Gasteiger partial charge in [-0.05, 0) is 67.5 Å². The van der Waals surface area contributed by atoms with Crippen LogP contribution in [0.1, 0.15) is 36.0 Å². The Hall–Kier alpha value is -2.20. The maximum absolute atomic E-state index is 13.0. The molecule has 1 fully saturated rings. The van der Waals surface area contributed by atoms with Gasteiger partial charge in [-0.1, -0.05) is 36.4 Å². The van der Waals surface area contributed by atoms with Crippen molar-refractivity contribution in [1.82, 2.24) is 9.80 Å². The van der Waals surface area contributed by atoms with Crippen molar-refractivity contribution in [3.05, 3.63) is 71.0 Å². The van der Waals surface area contributed by atoms with Crippen molar-refractivity contribution >= 4 is 5.91 Å². The third-order valence-corrected chi connectivity index (χ3v) is 6.46. The summed E-state index contributed by atoms with van der Waals surface area (Å²) in [6.07, 6.45) is 5.63. The van der Waals surface area contributed by atoms with Crippen molar-refractivity contribution in [2.24, 2.45) is 0 Å². The summed E-state index contributed by atoms with van der Waals surface area (Å²) in [6.45, 7) is 2.10. The summed E-state index contributed by atoms with van der Waals surface area (Å²) in [5.41, 5.74) is 3.98. The molecule has 1 amide bonds. The topological polar surface area (TPSA) is 23.6 Å². The van der Waals surface area contributed by atoms with Gasteiger partial charge in [-0.25, -0.2) is 4.39 Å². The van der Waals surface area contributed by atoms with Gasteiger partial charge in [-0.2, -0.15) is 0 Å². The number of nitrogens with zero attached hydrogens (tertiary/aromatic N) is 2. The van der Waals surface area contributed by atoms with E-state index in [0.717, 1.165) is 44.3 Å². The lowest BCUT2D eigenvalue weighted by Crippen LogP contribution is -2.51. The number of likely N-dealkylation sites (N-methyl/N-ethyl adjacent to an activating group) is 1. The molecule has 28 heavy (non-hydrogen) atoms. The molecule has 0 radical (unpaired) electrons. The average Bonchev–Trinajstić information content (AvgIpc) is 3.17. The quantitative estimate of drug-likeness (QED) is 0.787. The first-order valence-corrected chi connectivity index (χ1v) is 10.4. The molecule has 0 unspecified atom stereocenters. The van der Waals surface area contributed by atoms with E-state index in [-0.39, 0.29) is 17.8 Å². The molecule has 1 heterocycles. The van der Waals surface area contributed by atoms with Crippen LogP contribution in [0.25, 0.3) is 0 Å². The summed E-state index contributed by atoms with van der Waals surface area (Å²) in [5.74, 6) is -0.0468. The molecule has 2 aliphatic rings. The lowest BCUT2D eigenvalue weighted by Gasteiger charge is -2.40. The number of piperidine rings is 1. The predicted octanol–water partition coefficient (Wildman–Crippen LogP) is 3.85. The largest absolute Gasteiger partial charge is 0.341 e. The molecule has 2 aromatic rings. The van der Waals surface area contributed by atoms with Crippen LogP contribution in [-0.2, 0) is 24.1 Å². The number of rotatable bonds is 5. The van der Waals surface area contributed by atoms with Crippen LogP contribution in [0.3, 0.4) is 0 Å². The standard InChI is InChI=1S/C24H29FN2O/c1-26(24(28)13-10-18-8-11-21(25)12-9-18)22-7-4-14-27(17-22)23-15-19-5-2-3-6-20(19)16-23/h2-3,5-6,8-9,11-12,22-23H,4,7,10,13-17H2,1H3/t22-/m0/s1. The molecule has 1 aliphatic carbocycles. The molecular weight excluding hydrogens is 351 g/mol. The molecule has 4 heteroatoms. The molecule has 0 bridgehead atoms. The first-order chi connectivity index (χ1) is 13.6. The lowest BCUT2D eigenvalue weighted by molar-refractivity contribution is -0.133. The van der Waals surface area contributed by atoms with E-state index in [1.807, 2.05) is 11.9 Å². The molecule has 0 aromatic heterocycles. The monoisotopic (exact) mass is 380 g/mol. The Labute approximate surface area is 167 Å². The SMILES string of the molecule is CN(C(=O)CCc1ccc(F)cc1)[C@H]1CCCN(C2Cc3ccccc3C2)C1. The van der Waals surface area contributed by atoms with Gasteiger partial charge >= 0.3 is 0 Å². The van der Waals surface area contributed by atoms with Crippen LogP contribution < -0.4 is 0 Å².